The van der Waals surface area contributed by atoms with Crippen LogP contribution >= 0.6 is 0 Å². The van der Waals surface area contributed by atoms with Crippen LogP contribution in [0.4, 0.5) is 0 Å². The second kappa shape index (κ2) is 19.2. The van der Waals surface area contributed by atoms with Crippen LogP contribution in [0.5, 0.6) is 0 Å². The van der Waals surface area contributed by atoms with Gasteiger partial charge in [0.15, 0.2) is 0 Å². The highest BCUT2D eigenvalue weighted by molar-refractivity contribution is 5.75. The third kappa shape index (κ3) is 20.5. The molecule has 2 nitrogen and oxygen atoms in total. The molecule has 0 aliphatic rings. The maximum Gasteiger partial charge on any atom is 0.311 e. The number of rotatable bonds is 15. The molecular formula is C27H42O2. The van der Waals surface area contributed by atoms with Gasteiger partial charge in [-0.25, -0.2) is 0 Å². The van der Waals surface area contributed by atoms with Gasteiger partial charge in [-0.3, -0.25) is 4.79 Å². The first kappa shape index (κ1) is 26.9. The molecule has 2 heteroatoms. The minimum Gasteiger partial charge on any atom is -0.465 e. The number of allylic oxidation sites excluding steroid dienone is 12. The summed E-state index contributed by atoms with van der Waals surface area (Å²) in [6.07, 6.45) is 34.3. The van der Waals surface area contributed by atoms with Crippen molar-refractivity contribution in [1.82, 2.24) is 0 Å². The molecule has 0 radical (unpaired) electrons. The van der Waals surface area contributed by atoms with E-state index in [0.29, 0.717) is 6.61 Å². The summed E-state index contributed by atoms with van der Waals surface area (Å²) in [7, 11) is 0. The average molecular weight is 399 g/mol. The third-order valence-corrected chi connectivity index (χ3v) is 3.96. The summed E-state index contributed by atoms with van der Waals surface area (Å²) in [5, 5.41) is 0. The SMILES string of the molecule is CC/C=C/C/C=C/C/C=C/C/C=C/C/C=C/C/C=C/CCCOC(=O)C(C)(C)C. The van der Waals surface area contributed by atoms with Crippen molar-refractivity contribution in [2.45, 2.75) is 79.1 Å². The van der Waals surface area contributed by atoms with E-state index in [1.807, 2.05) is 20.8 Å². The van der Waals surface area contributed by atoms with Crippen molar-refractivity contribution in [1.29, 1.82) is 0 Å². The summed E-state index contributed by atoms with van der Waals surface area (Å²) >= 11 is 0. The number of ether oxygens (including phenoxy) is 1. The fourth-order valence-electron chi connectivity index (χ4n) is 2.22. The minimum atomic E-state index is -0.408. The Bertz CT molecular complexity index is 566. The van der Waals surface area contributed by atoms with Gasteiger partial charge in [-0.1, -0.05) is 79.8 Å². The lowest BCUT2D eigenvalue weighted by molar-refractivity contribution is -0.153. The van der Waals surface area contributed by atoms with Gasteiger partial charge in [0.25, 0.3) is 0 Å². The topological polar surface area (TPSA) is 26.3 Å². The van der Waals surface area contributed by atoms with E-state index >= 15 is 0 Å². The van der Waals surface area contributed by atoms with Crippen LogP contribution in [-0.2, 0) is 9.53 Å². The van der Waals surface area contributed by atoms with Crippen molar-refractivity contribution in [2.24, 2.45) is 5.41 Å². The van der Waals surface area contributed by atoms with Gasteiger partial charge < -0.3 is 4.74 Å². The van der Waals surface area contributed by atoms with Gasteiger partial charge in [0.2, 0.25) is 0 Å². The van der Waals surface area contributed by atoms with Crippen molar-refractivity contribution in [3.63, 3.8) is 0 Å². The summed E-state index contributed by atoms with van der Waals surface area (Å²) in [5.74, 6) is -0.125. The molecule has 162 valence electrons. The lowest BCUT2D eigenvalue weighted by Gasteiger charge is -2.16. The van der Waals surface area contributed by atoms with Crippen molar-refractivity contribution in [2.75, 3.05) is 6.61 Å². The number of hydrogen-bond acceptors (Lipinski definition) is 2. The summed E-state index contributed by atoms with van der Waals surface area (Å²) in [6.45, 7) is 8.28. The second-order valence-corrected chi connectivity index (χ2v) is 7.94. The number of hydrogen-bond donors (Lipinski definition) is 0. The van der Waals surface area contributed by atoms with Crippen LogP contribution in [0.25, 0.3) is 0 Å². The van der Waals surface area contributed by atoms with Crippen molar-refractivity contribution in [3.05, 3.63) is 72.9 Å². The number of esters is 1. The van der Waals surface area contributed by atoms with Crippen molar-refractivity contribution >= 4 is 5.97 Å². The first-order chi connectivity index (χ1) is 14.0. The predicted molar refractivity (Wildman–Crippen MR) is 128 cm³/mol. The lowest BCUT2D eigenvalue weighted by atomic mass is 9.97. The molecule has 0 atom stereocenters. The molecule has 0 bridgehead atoms. The van der Waals surface area contributed by atoms with Gasteiger partial charge in [-0.2, -0.15) is 0 Å². The highest BCUT2D eigenvalue weighted by Crippen LogP contribution is 2.15. The number of carbonyl (C=O) groups excluding carboxylic acids is 1. The van der Waals surface area contributed by atoms with E-state index in [2.05, 4.69) is 79.8 Å². The Hall–Kier alpha value is -2.09. The average Bonchev–Trinajstić information content (AvgIpc) is 2.68. The lowest BCUT2D eigenvalue weighted by Crippen LogP contribution is -2.23. The molecule has 0 aliphatic heterocycles. The summed E-state index contributed by atoms with van der Waals surface area (Å²) in [6, 6.07) is 0. The highest BCUT2D eigenvalue weighted by Gasteiger charge is 2.22. The molecule has 0 fully saturated rings. The Morgan fingerprint density at radius 2 is 1.03 bits per heavy atom. The molecule has 0 unspecified atom stereocenters. The third-order valence-electron chi connectivity index (χ3n) is 3.96. The zero-order chi connectivity index (χ0) is 21.6. The molecule has 0 spiro atoms. The maximum absolute atomic E-state index is 11.6. The van der Waals surface area contributed by atoms with E-state index in [0.717, 1.165) is 51.4 Å². The molecule has 29 heavy (non-hydrogen) atoms. The molecule has 0 rings (SSSR count). The minimum absolute atomic E-state index is 0.125. The van der Waals surface area contributed by atoms with Crippen LogP contribution in [-0.4, -0.2) is 12.6 Å². The fraction of sp³-hybridized carbons (Fsp3) is 0.519. The Labute approximate surface area is 179 Å². The highest BCUT2D eigenvalue weighted by atomic mass is 16.5. The van der Waals surface area contributed by atoms with Crippen LogP contribution in [0.2, 0.25) is 0 Å². The van der Waals surface area contributed by atoms with Gasteiger partial charge in [-0.15, -0.1) is 0 Å². The van der Waals surface area contributed by atoms with E-state index in [4.69, 9.17) is 4.74 Å². The van der Waals surface area contributed by atoms with Gasteiger partial charge >= 0.3 is 5.97 Å². The van der Waals surface area contributed by atoms with E-state index in [1.165, 1.54) is 0 Å². The smallest absolute Gasteiger partial charge is 0.311 e. The van der Waals surface area contributed by atoms with Crippen molar-refractivity contribution < 1.29 is 9.53 Å². The summed E-state index contributed by atoms with van der Waals surface area (Å²) in [5.41, 5.74) is -0.408. The second-order valence-electron chi connectivity index (χ2n) is 7.94. The summed E-state index contributed by atoms with van der Waals surface area (Å²) in [4.78, 5) is 11.6. The molecule has 0 N–H and O–H groups in total. The number of unbranched alkanes of at least 4 members (excludes halogenated alkanes) is 1. The standard InChI is InChI=1S/C27H42O2/c1-5-6-7-8-9-10-11-12-13-14-15-16-17-18-19-20-21-22-23-24-25-29-26(28)27(2,3)4/h6-7,9-10,12-13,15-16,18-19,21-22H,5,8,11,14,17,20,23-25H2,1-4H3/b7-6+,10-9+,13-12+,16-15+,19-18+,22-21+. The van der Waals surface area contributed by atoms with Gasteiger partial charge in [0.05, 0.1) is 12.0 Å². The first-order valence-electron chi connectivity index (χ1n) is 11.1. The van der Waals surface area contributed by atoms with Crippen LogP contribution in [0.3, 0.4) is 0 Å². The van der Waals surface area contributed by atoms with Gasteiger partial charge in [0, 0.05) is 0 Å². The van der Waals surface area contributed by atoms with Gasteiger partial charge in [-0.05, 0) is 72.1 Å². The van der Waals surface area contributed by atoms with Crippen LogP contribution in [0.1, 0.15) is 79.1 Å². The molecule has 0 aliphatic carbocycles. The summed E-state index contributed by atoms with van der Waals surface area (Å²) < 4.78 is 5.24. The Morgan fingerprint density at radius 3 is 1.41 bits per heavy atom. The predicted octanol–water partition coefficient (Wildman–Crippen LogP) is 8.05. The largest absolute Gasteiger partial charge is 0.465 e. The molecule has 0 heterocycles. The van der Waals surface area contributed by atoms with Crippen LogP contribution in [0.15, 0.2) is 72.9 Å². The molecule has 0 saturated carbocycles. The number of carbonyl (C=O) groups is 1. The van der Waals surface area contributed by atoms with E-state index in [-0.39, 0.29) is 5.97 Å². The van der Waals surface area contributed by atoms with E-state index in [1.54, 1.807) is 0 Å². The zero-order valence-corrected chi connectivity index (χ0v) is 19.1. The van der Waals surface area contributed by atoms with E-state index < -0.39 is 5.41 Å². The Balaban J connectivity index is 3.57. The molecular weight excluding hydrogens is 356 g/mol. The normalized spacial score (nSPS) is 13.4. The Morgan fingerprint density at radius 1 is 0.655 bits per heavy atom. The maximum atomic E-state index is 11.6. The monoisotopic (exact) mass is 398 g/mol. The quantitative estimate of drug-likeness (QED) is 0.158. The van der Waals surface area contributed by atoms with Crippen LogP contribution < -0.4 is 0 Å². The molecule has 0 aromatic heterocycles. The first-order valence-corrected chi connectivity index (χ1v) is 11.1. The Kier molecular flexibility index (Phi) is 17.8. The zero-order valence-electron chi connectivity index (χ0n) is 19.1. The van der Waals surface area contributed by atoms with Crippen LogP contribution in [0, 0.1) is 5.41 Å². The molecule has 0 aromatic carbocycles. The fourth-order valence-corrected chi connectivity index (χ4v) is 2.22. The van der Waals surface area contributed by atoms with Crippen molar-refractivity contribution in [3.8, 4) is 0 Å². The molecule has 0 amide bonds. The van der Waals surface area contributed by atoms with Gasteiger partial charge in [0.1, 0.15) is 0 Å². The van der Waals surface area contributed by atoms with E-state index in [9.17, 15) is 4.79 Å². The molecule has 0 aromatic rings. The molecule has 0 saturated heterocycles.